The molecule has 0 heterocycles. The van der Waals surface area contributed by atoms with Crippen molar-refractivity contribution in [1.82, 2.24) is 10.6 Å². The predicted octanol–water partition coefficient (Wildman–Crippen LogP) is 9.60. The van der Waals surface area contributed by atoms with Crippen LogP contribution in [-0.4, -0.2) is 11.8 Å². The molecule has 0 aliphatic carbocycles. The summed E-state index contributed by atoms with van der Waals surface area (Å²) < 4.78 is 0. The highest BCUT2D eigenvalue weighted by Gasteiger charge is 2.42. The van der Waals surface area contributed by atoms with E-state index in [4.69, 9.17) is 23.2 Å². The number of halogens is 2. The number of anilines is 4. The molecule has 2 N–H and O–H groups in total. The molecule has 8 nitrogen and oxygen atoms in total. The van der Waals surface area contributed by atoms with Gasteiger partial charge in [0.25, 0.3) is 10.9 Å². The highest BCUT2D eigenvalue weighted by Crippen LogP contribution is 2.44. The van der Waals surface area contributed by atoms with Crippen LogP contribution in [0.1, 0.15) is 45.5 Å². The molecule has 0 radical (unpaired) electrons. The molecule has 0 aromatic heterocycles. The molecular weight excluding hydrogens is 767 g/mol. The Bertz CT molecular complexity index is 2390. The summed E-state index contributed by atoms with van der Waals surface area (Å²) >= 11 is 12.7. The zero-order valence-corrected chi connectivity index (χ0v) is 33.4. The molecule has 0 aliphatic heterocycles. The Balaban J connectivity index is 1.44. The molecule has 0 saturated carbocycles. The first-order valence-corrected chi connectivity index (χ1v) is 19.5. The molecule has 0 spiro atoms. The van der Waals surface area contributed by atoms with Gasteiger partial charge in [0.05, 0.1) is 0 Å². The fourth-order valence-electron chi connectivity index (χ4n) is 6.93. The maximum absolute atomic E-state index is 14.7. The lowest BCUT2D eigenvalue weighted by Crippen LogP contribution is -2.49. The van der Waals surface area contributed by atoms with E-state index >= 15 is 0 Å². The minimum Gasteiger partial charge on any atom is -0.350 e. The maximum Gasteiger partial charge on any atom is 0.253 e. The third-order valence-electron chi connectivity index (χ3n) is 9.97. The van der Waals surface area contributed by atoms with Crippen LogP contribution < -0.4 is 31.3 Å². The van der Waals surface area contributed by atoms with Gasteiger partial charge in [-0.2, -0.15) is 0 Å². The smallest absolute Gasteiger partial charge is 0.253 e. The van der Waals surface area contributed by atoms with Crippen LogP contribution in [0.5, 0.6) is 0 Å². The quantitative estimate of drug-likeness (QED) is 0.106. The summed E-state index contributed by atoms with van der Waals surface area (Å²) in [6.45, 7) is 4.29. The van der Waals surface area contributed by atoms with Crippen LogP contribution in [0.2, 0.25) is 10.0 Å². The summed E-state index contributed by atoms with van der Waals surface area (Å²) in [5.41, 5.74) is 3.96. The molecule has 0 bridgehead atoms. The number of amides is 2. The molecule has 0 saturated heterocycles. The summed E-state index contributed by atoms with van der Waals surface area (Å²) in [6, 6.07) is 45.0. The zero-order chi connectivity index (χ0) is 40.8. The zero-order valence-electron chi connectivity index (χ0n) is 31.9. The van der Waals surface area contributed by atoms with Gasteiger partial charge in [0, 0.05) is 34.5 Å². The molecule has 7 aromatic carbocycles. The third kappa shape index (κ3) is 8.74. The van der Waals surface area contributed by atoms with Gasteiger partial charge in [-0.25, -0.2) is 0 Å². The third-order valence-corrected chi connectivity index (χ3v) is 10.5. The molecular formula is C48H40Cl2N4O4. The van der Waals surface area contributed by atoms with Crippen LogP contribution in [0.25, 0.3) is 0 Å². The first-order chi connectivity index (χ1) is 28.1. The minimum absolute atomic E-state index is 0.0425. The first-order valence-electron chi connectivity index (χ1n) is 18.8. The van der Waals surface area contributed by atoms with Crippen LogP contribution >= 0.6 is 23.2 Å². The normalized spacial score (nSPS) is 12.1. The molecule has 0 fully saturated rings. The first kappa shape index (κ1) is 39.7. The summed E-state index contributed by atoms with van der Waals surface area (Å²) in [5, 5.41) is 7.05. The second kappa shape index (κ2) is 17.8. The van der Waals surface area contributed by atoms with Crippen LogP contribution in [0, 0.1) is 13.8 Å². The van der Waals surface area contributed by atoms with E-state index in [2.05, 4.69) is 10.6 Å². The fourth-order valence-corrected chi connectivity index (χ4v) is 7.18. The topological polar surface area (TPSA) is 98.8 Å². The Morgan fingerprint density at radius 2 is 0.810 bits per heavy atom. The van der Waals surface area contributed by atoms with E-state index in [-0.39, 0.29) is 24.5 Å². The van der Waals surface area contributed by atoms with E-state index in [1.165, 1.54) is 0 Å². The Kier molecular flexibility index (Phi) is 12.2. The van der Waals surface area contributed by atoms with Gasteiger partial charge in [0.1, 0.15) is 23.5 Å². The Hall–Kier alpha value is -6.48. The van der Waals surface area contributed by atoms with Crippen molar-refractivity contribution in [2.75, 3.05) is 9.80 Å². The highest BCUT2D eigenvalue weighted by molar-refractivity contribution is 6.30. The lowest BCUT2D eigenvalue weighted by atomic mass is 9.96. The predicted molar refractivity (Wildman–Crippen MR) is 233 cm³/mol. The fraction of sp³-hybridized carbons (Fsp3) is 0.125. The Morgan fingerprint density at radius 3 is 1.14 bits per heavy atom. The maximum atomic E-state index is 14.7. The lowest BCUT2D eigenvalue weighted by molar-refractivity contribution is -0.123. The van der Waals surface area contributed by atoms with Gasteiger partial charge in [0.2, 0.25) is 11.8 Å². The summed E-state index contributed by atoms with van der Waals surface area (Å²) in [6.07, 6.45) is 0. The average molecular weight is 808 g/mol. The van der Waals surface area contributed by atoms with Gasteiger partial charge in [-0.3, -0.25) is 19.2 Å². The van der Waals surface area contributed by atoms with E-state index < -0.39 is 34.8 Å². The van der Waals surface area contributed by atoms with Gasteiger partial charge in [-0.15, -0.1) is 0 Å². The highest BCUT2D eigenvalue weighted by atomic mass is 35.5. The molecule has 7 rings (SSSR count). The Labute approximate surface area is 347 Å². The van der Waals surface area contributed by atoms with E-state index in [1.807, 2.05) is 123 Å². The standard InChI is InChI=1S/C48H40Cl2N4O4/c1-31-13-25-39(26-14-31)53(41(35-17-21-37(49)22-18-35)47(57)51-29-33-9-5-3-6-10-33)43-44(46(56)45(43)55)54(40-27-15-32(2)16-28-40)42(36-19-23-38(50)24-20-36)48(58)52-30-34-11-7-4-8-12-34/h3-28,41-42H,29-30H2,1-2H3,(H,51,57)(H,52,58). The van der Waals surface area contributed by atoms with Gasteiger partial charge < -0.3 is 20.4 Å². The van der Waals surface area contributed by atoms with Crippen molar-refractivity contribution >= 4 is 57.8 Å². The molecule has 0 aliphatic rings. The molecule has 7 aromatic rings. The molecule has 2 amide bonds. The largest absolute Gasteiger partial charge is 0.350 e. The summed E-state index contributed by atoms with van der Waals surface area (Å²) in [5.74, 6) is -0.856. The second-order valence-electron chi connectivity index (χ2n) is 14.1. The summed E-state index contributed by atoms with van der Waals surface area (Å²) in [7, 11) is 0. The monoisotopic (exact) mass is 806 g/mol. The van der Waals surface area contributed by atoms with E-state index in [0.717, 1.165) is 22.3 Å². The van der Waals surface area contributed by atoms with Crippen molar-refractivity contribution in [3.63, 3.8) is 0 Å². The number of carbonyl (C=O) groups is 2. The van der Waals surface area contributed by atoms with Crippen molar-refractivity contribution in [3.8, 4) is 0 Å². The van der Waals surface area contributed by atoms with Crippen molar-refractivity contribution in [2.45, 2.75) is 39.0 Å². The number of hydrogen-bond acceptors (Lipinski definition) is 6. The SMILES string of the molecule is Cc1ccc(N(c2c(N(c3ccc(C)cc3)C(C(=O)NCc3ccccc3)c3ccc(Cl)cc3)c(=O)c2=O)C(C(=O)NCc2ccccc2)c2ccc(Cl)cc2)cc1. The van der Waals surface area contributed by atoms with Gasteiger partial charge in [-0.1, -0.05) is 144 Å². The summed E-state index contributed by atoms with van der Waals surface area (Å²) in [4.78, 5) is 61.4. The van der Waals surface area contributed by atoms with Crippen molar-refractivity contribution in [3.05, 3.63) is 222 Å². The number of aryl methyl sites for hydroxylation is 2. The number of hydrogen-bond donors (Lipinski definition) is 2. The minimum atomic E-state index is -1.16. The average Bonchev–Trinajstić information content (AvgIpc) is 3.25. The van der Waals surface area contributed by atoms with E-state index in [0.29, 0.717) is 32.5 Å². The van der Waals surface area contributed by atoms with E-state index in [9.17, 15) is 19.2 Å². The molecule has 58 heavy (non-hydrogen) atoms. The van der Waals surface area contributed by atoms with E-state index in [1.54, 1.807) is 58.3 Å². The number of rotatable bonds is 14. The van der Waals surface area contributed by atoms with Gasteiger partial charge in [0.15, 0.2) is 0 Å². The van der Waals surface area contributed by atoms with Crippen LogP contribution in [0.4, 0.5) is 22.7 Å². The number of carbonyl (C=O) groups excluding carboxylic acids is 2. The molecule has 10 heteroatoms. The number of nitrogens with one attached hydrogen (secondary N) is 2. The van der Waals surface area contributed by atoms with Crippen molar-refractivity contribution in [2.24, 2.45) is 0 Å². The van der Waals surface area contributed by atoms with Crippen molar-refractivity contribution in [1.29, 1.82) is 0 Å². The lowest BCUT2D eigenvalue weighted by Gasteiger charge is -2.39. The molecule has 2 atom stereocenters. The second-order valence-corrected chi connectivity index (χ2v) is 15.0. The molecule has 290 valence electrons. The van der Waals surface area contributed by atoms with Gasteiger partial charge >= 0.3 is 0 Å². The van der Waals surface area contributed by atoms with Crippen molar-refractivity contribution < 1.29 is 9.59 Å². The van der Waals surface area contributed by atoms with Crippen LogP contribution in [0.3, 0.4) is 0 Å². The number of nitrogens with zero attached hydrogens (tertiary/aromatic N) is 2. The number of benzene rings is 6. The van der Waals surface area contributed by atoms with Gasteiger partial charge in [-0.05, 0) is 84.6 Å². The van der Waals surface area contributed by atoms with Crippen LogP contribution in [0.15, 0.2) is 167 Å². The van der Waals surface area contributed by atoms with Crippen LogP contribution in [-0.2, 0) is 22.7 Å². The molecule has 2 unspecified atom stereocenters. The Morgan fingerprint density at radius 1 is 0.483 bits per heavy atom.